The molecule has 0 amide bonds. The second-order valence-corrected chi connectivity index (χ2v) is 4.40. The normalized spacial score (nSPS) is 11.0. The van der Waals surface area contributed by atoms with E-state index in [-0.39, 0.29) is 11.7 Å². The molecule has 0 N–H and O–H groups in total. The predicted molar refractivity (Wildman–Crippen MR) is 64.5 cm³/mol. The van der Waals surface area contributed by atoms with Crippen LogP contribution in [0.3, 0.4) is 0 Å². The molecule has 1 aromatic heterocycles. The van der Waals surface area contributed by atoms with Crippen LogP contribution in [0, 0.1) is 0 Å². The summed E-state index contributed by atoms with van der Waals surface area (Å²) in [5.74, 6) is -1.30. The lowest BCUT2D eigenvalue weighted by atomic mass is 10.2. The second kappa shape index (κ2) is 5.63. The fourth-order valence-corrected chi connectivity index (χ4v) is 1.60. The Hall–Kier alpha value is -1.53. The van der Waals surface area contributed by atoms with Gasteiger partial charge in [-0.2, -0.15) is 4.98 Å². The highest BCUT2D eigenvalue weighted by Gasteiger charge is 2.20. The van der Waals surface area contributed by atoms with Gasteiger partial charge in [-0.05, 0) is 18.2 Å². The summed E-state index contributed by atoms with van der Waals surface area (Å²) < 4.78 is 28.9. The van der Waals surface area contributed by atoms with Crippen molar-refractivity contribution < 1.29 is 18.1 Å². The minimum atomic E-state index is -3.06. The third-order valence-electron chi connectivity index (χ3n) is 2.21. The van der Waals surface area contributed by atoms with Gasteiger partial charge in [-0.1, -0.05) is 28.4 Å². The van der Waals surface area contributed by atoms with E-state index in [1.165, 1.54) is 6.07 Å². The van der Waals surface area contributed by atoms with E-state index in [2.05, 4.69) is 10.1 Å². The van der Waals surface area contributed by atoms with E-state index in [9.17, 15) is 13.6 Å². The number of carbonyl (C=O) groups excluding carboxylic acids is 1. The Bertz CT molecular complexity index is 616. The first kappa shape index (κ1) is 13.9. The number of nitrogens with zero attached hydrogens (tertiary/aromatic N) is 2. The van der Waals surface area contributed by atoms with Gasteiger partial charge >= 0.3 is 0 Å². The summed E-state index contributed by atoms with van der Waals surface area (Å²) >= 11 is 11.6. The monoisotopic (exact) mass is 306 g/mol. The SMILES string of the molecule is O=C(Cc1nc(-c2ccc(Cl)c(Cl)c2)no1)C(F)F. The number of hydrogen-bond acceptors (Lipinski definition) is 4. The van der Waals surface area contributed by atoms with Gasteiger partial charge in [0, 0.05) is 5.56 Å². The fraction of sp³-hybridized carbons (Fsp3) is 0.182. The summed E-state index contributed by atoms with van der Waals surface area (Å²) in [5.41, 5.74) is 0.508. The Morgan fingerprint density at radius 1 is 1.32 bits per heavy atom. The Morgan fingerprint density at radius 2 is 2.05 bits per heavy atom. The maximum atomic E-state index is 12.1. The molecular weight excluding hydrogens is 301 g/mol. The van der Waals surface area contributed by atoms with Crippen LogP contribution in [0.1, 0.15) is 5.89 Å². The van der Waals surface area contributed by atoms with E-state index in [1.807, 2.05) is 0 Å². The summed E-state index contributed by atoms with van der Waals surface area (Å²) in [7, 11) is 0. The Kier molecular flexibility index (Phi) is 4.11. The van der Waals surface area contributed by atoms with Crippen LogP contribution in [-0.4, -0.2) is 22.3 Å². The van der Waals surface area contributed by atoms with Crippen molar-refractivity contribution >= 4 is 29.0 Å². The molecule has 4 nitrogen and oxygen atoms in total. The first-order valence-electron chi connectivity index (χ1n) is 5.06. The summed E-state index contributed by atoms with van der Waals surface area (Å²) in [4.78, 5) is 14.7. The number of hydrogen-bond donors (Lipinski definition) is 0. The van der Waals surface area contributed by atoms with E-state index < -0.39 is 18.6 Å². The van der Waals surface area contributed by atoms with Gasteiger partial charge in [0.1, 0.15) is 0 Å². The molecule has 0 spiro atoms. The Labute approximate surface area is 116 Å². The van der Waals surface area contributed by atoms with Gasteiger partial charge in [0.2, 0.25) is 17.5 Å². The zero-order chi connectivity index (χ0) is 14.0. The molecule has 19 heavy (non-hydrogen) atoms. The molecule has 0 saturated carbocycles. The van der Waals surface area contributed by atoms with Gasteiger partial charge < -0.3 is 4.52 Å². The summed E-state index contributed by atoms with van der Waals surface area (Å²) in [6, 6.07) is 4.64. The first-order chi connectivity index (χ1) is 8.97. The minimum absolute atomic E-state index is 0.149. The average molecular weight is 307 g/mol. The van der Waals surface area contributed by atoms with Crippen molar-refractivity contribution in [3.63, 3.8) is 0 Å². The maximum absolute atomic E-state index is 12.1. The molecule has 2 aromatic rings. The molecule has 100 valence electrons. The maximum Gasteiger partial charge on any atom is 0.296 e. The summed E-state index contributed by atoms with van der Waals surface area (Å²) in [6.07, 6.45) is -3.66. The third kappa shape index (κ3) is 3.27. The lowest BCUT2D eigenvalue weighted by Crippen LogP contribution is -2.12. The topological polar surface area (TPSA) is 56.0 Å². The van der Waals surface area contributed by atoms with Gasteiger partial charge in [0.05, 0.1) is 16.5 Å². The molecule has 0 saturated heterocycles. The van der Waals surface area contributed by atoms with Crippen LogP contribution in [0.15, 0.2) is 22.7 Å². The van der Waals surface area contributed by atoms with E-state index in [0.29, 0.717) is 15.6 Å². The number of carbonyl (C=O) groups is 1. The molecule has 0 unspecified atom stereocenters. The molecule has 8 heteroatoms. The molecule has 0 bridgehead atoms. The van der Waals surface area contributed by atoms with Crippen LogP contribution < -0.4 is 0 Å². The highest BCUT2D eigenvalue weighted by atomic mass is 35.5. The highest BCUT2D eigenvalue weighted by Crippen LogP contribution is 2.27. The fourth-order valence-electron chi connectivity index (χ4n) is 1.31. The lowest BCUT2D eigenvalue weighted by molar-refractivity contribution is -0.129. The summed E-state index contributed by atoms with van der Waals surface area (Å²) in [6.45, 7) is 0. The van der Waals surface area contributed by atoms with Crippen LogP contribution in [0.4, 0.5) is 8.78 Å². The zero-order valence-electron chi connectivity index (χ0n) is 9.24. The smallest absolute Gasteiger partial charge is 0.296 e. The van der Waals surface area contributed by atoms with Crippen molar-refractivity contribution in [2.45, 2.75) is 12.8 Å². The van der Waals surface area contributed by atoms with E-state index in [0.717, 1.165) is 0 Å². The van der Waals surface area contributed by atoms with Crippen molar-refractivity contribution in [1.29, 1.82) is 0 Å². The van der Waals surface area contributed by atoms with Crippen molar-refractivity contribution in [1.82, 2.24) is 10.1 Å². The van der Waals surface area contributed by atoms with Crippen molar-refractivity contribution in [2.24, 2.45) is 0 Å². The Morgan fingerprint density at radius 3 is 2.68 bits per heavy atom. The third-order valence-corrected chi connectivity index (χ3v) is 2.95. The minimum Gasteiger partial charge on any atom is -0.338 e. The van der Waals surface area contributed by atoms with Gasteiger partial charge in [0.25, 0.3) is 6.43 Å². The molecule has 1 aromatic carbocycles. The van der Waals surface area contributed by atoms with Crippen molar-refractivity contribution in [2.75, 3.05) is 0 Å². The van der Waals surface area contributed by atoms with Crippen molar-refractivity contribution in [3.05, 3.63) is 34.1 Å². The van der Waals surface area contributed by atoms with Crippen LogP contribution in [-0.2, 0) is 11.2 Å². The average Bonchev–Trinajstić information content (AvgIpc) is 2.81. The predicted octanol–water partition coefficient (Wildman–Crippen LogP) is 3.42. The van der Waals surface area contributed by atoms with Crippen LogP contribution in [0.2, 0.25) is 10.0 Å². The molecule has 0 atom stereocenters. The van der Waals surface area contributed by atoms with Crippen molar-refractivity contribution in [3.8, 4) is 11.4 Å². The Balaban J connectivity index is 2.21. The molecule has 0 aliphatic carbocycles. The van der Waals surface area contributed by atoms with Gasteiger partial charge in [0.15, 0.2) is 0 Å². The first-order valence-corrected chi connectivity index (χ1v) is 5.82. The number of alkyl halides is 2. The second-order valence-electron chi connectivity index (χ2n) is 3.58. The number of aromatic nitrogens is 2. The van der Waals surface area contributed by atoms with E-state index in [1.54, 1.807) is 12.1 Å². The molecule has 0 radical (unpaired) electrons. The van der Waals surface area contributed by atoms with Crippen LogP contribution in [0.25, 0.3) is 11.4 Å². The molecular formula is C11H6Cl2F2N2O2. The van der Waals surface area contributed by atoms with Gasteiger partial charge in [-0.3, -0.25) is 4.79 Å². The molecule has 2 rings (SSSR count). The molecule has 1 heterocycles. The lowest BCUT2D eigenvalue weighted by Gasteiger charge is -1.97. The van der Waals surface area contributed by atoms with E-state index >= 15 is 0 Å². The highest BCUT2D eigenvalue weighted by molar-refractivity contribution is 6.42. The quantitative estimate of drug-likeness (QED) is 0.868. The molecule has 0 aliphatic rings. The van der Waals surface area contributed by atoms with Crippen LogP contribution in [0.5, 0.6) is 0 Å². The van der Waals surface area contributed by atoms with Gasteiger partial charge in [-0.25, -0.2) is 8.78 Å². The summed E-state index contributed by atoms with van der Waals surface area (Å²) in [5, 5.41) is 4.25. The zero-order valence-corrected chi connectivity index (χ0v) is 10.8. The number of ketones is 1. The van der Waals surface area contributed by atoms with Crippen LogP contribution >= 0.6 is 23.2 Å². The number of halogens is 4. The number of Topliss-reactive ketones (excluding diaryl/α,β-unsaturated/α-hetero) is 1. The van der Waals surface area contributed by atoms with E-state index in [4.69, 9.17) is 27.7 Å². The standard InChI is InChI=1S/C11H6Cl2F2N2O2/c12-6-2-1-5(3-7(6)13)11-16-9(19-17-11)4-8(18)10(14)15/h1-3,10H,4H2. The largest absolute Gasteiger partial charge is 0.338 e. The number of rotatable bonds is 4. The number of benzene rings is 1. The van der Waals surface area contributed by atoms with Gasteiger partial charge in [-0.15, -0.1) is 0 Å². The molecule has 0 fully saturated rings. The molecule has 0 aliphatic heterocycles.